The predicted molar refractivity (Wildman–Crippen MR) is 117 cm³/mol. The number of nitrogens with zero attached hydrogens (tertiary/aromatic N) is 1. The summed E-state index contributed by atoms with van der Waals surface area (Å²) >= 11 is 3.10. The van der Waals surface area contributed by atoms with Gasteiger partial charge in [0.1, 0.15) is 0 Å². The number of carbonyl (C=O) groups is 1. The molecule has 0 saturated carbocycles. The fourth-order valence-corrected chi connectivity index (χ4v) is 7.28. The highest BCUT2D eigenvalue weighted by molar-refractivity contribution is 8.15. The van der Waals surface area contributed by atoms with Crippen molar-refractivity contribution in [2.45, 2.75) is 16.2 Å². The van der Waals surface area contributed by atoms with Crippen molar-refractivity contribution in [2.75, 3.05) is 28.4 Å². The average Bonchev–Trinajstić information content (AvgIpc) is 3.15. The van der Waals surface area contributed by atoms with Crippen LogP contribution in [-0.4, -0.2) is 48.5 Å². The molecule has 28 heavy (non-hydrogen) atoms. The van der Waals surface area contributed by atoms with E-state index in [1.54, 1.807) is 23.9 Å². The lowest BCUT2D eigenvalue weighted by molar-refractivity contribution is 0.102. The Morgan fingerprint density at radius 2 is 1.93 bits per heavy atom. The van der Waals surface area contributed by atoms with Crippen molar-refractivity contribution in [3.8, 4) is 0 Å². The molecule has 2 aliphatic rings. The molecular weight excluding hydrogens is 414 g/mol. The number of carbonyl (C=O) groups excluding carboxylic acids is 1. The van der Waals surface area contributed by atoms with Crippen molar-refractivity contribution < 1.29 is 13.2 Å². The van der Waals surface area contributed by atoms with Gasteiger partial charge in [-0.2, -0.15) is 0 Å². The Morgan fingerprint density at radius 3 is 2.64 bits per heavy atom. The van der Waals surface area contributed by atoms with Crippen LogP contribution < -0.4 is 10.6 Å². The maximum atomic E-state index is 12.4. The third kappa shape index (κ3) is 4.37. The molecule has 0 bridgehead atoms. The number of amidine groups is 1. The Bertz CT molecular complexity index is 1040. The molecule has 0 aromatic heterocycles. The SMILES string of the molecule is CSc1cccc(NC(=O)c2ccc(NC3=N[C@H]4CS(=O)(=O)C[C@H]4S3)cc2)c1. The number of fused-ring (bicyclic) bond motifs is 1. The second-order valence-corrected chi connectivity index (χ2v) is 10.9. The number of aliphatic imine (C=N–C) groups is 1. The third-order valence-electron chi connectivity index (χ3n) is 4.54. The van der Waals surface area contributed by atoms with Crippen molar-refractivity contribution in [3.63, 3.8) is 0 Å². The van der Waals surface area contributed by atoms with Crippen LogP contribution >= 0.6 is 23.5 Å². The molecule has 4 rings (SSSR count). The summed E-state index contributed by atoms with van der Waals surface area (Å²) in [5.41, 5.74) is 2.14. The zero-order chi connectivity index (χ0) is 19.7. The third-order valence-corrected chi connectivity index (χ3v) is 8.41. The van der Waals surface area contributed by atoms with Crippen molar-refractivity contribution in [1.82, 2.24) is 0 Å². The van der Waals surface area contributed by atoms with Gasteiger partial charge < -0.3 is 10.6 Å². The van der Waals surface area contributed by atoms with Gasteiger partial charge in [0.25, 0.3) is 5.91 Å². The topological polar surface area (TPSA) is 87.6 Å². The van der Waals surface area contributed by atoms with Crippen molar-refractivity contribution in [3.05, 3.63) is 54.1 Å². The first kappa shape index (κ1) is 19.4. The summed E-state index contributed by atoms with van der Waals surface area (Å²) in [7, 11) is -2.95. The van der Waals surface area contributed by atoms with Gasteiger partial charge in [0.15, 0.2) is 15.0 Å². The number of anilines is 2. The fraction of sp³-hybridized carbons (Fsp3) is 0.263. The Hall–Kier alpha value is -1.97. The maximum Gasteiger partial charge on any atom is 0.255 e. The van der Waals surface area contributed by atoms with E-state index in [-0.39, 0.29) is 28.7 Å². The van der Waals surface area contributed by atoms with E-state index in [0.717, 1.165) is 21.4 Å². The molecule has 6 nitrogen and oxygen atoms in total. The number of nitrogens with one attached hydrogen (secondary N) is 2. The van der Waals surface area contributed by atoms with Gasteiger partial charge in [-0.15, -0.1) is 11.8 Å². The van der Waals surface area contributed by atoms with Crippen molar-refractivity contribution in [2.24, 2.45) is 4.99 Å². The minimum Gasteiger partial charge on any atom is -0.335 e. The quantitative estimate of drug-likeness (QED) is 0.719. The lowest BCUT2D eigenvalue weighted by Gasteiger charge is -2.09. The van der Waals surface area contributed by atoms with Gasteiger partial charge in [-0.05, 0) is 48.7 Å². The van der Waals surface area contributed by atoms with E-state index in [2.05, 4.69) is 15.6 Å². The Balaban J connectivity index is 1.38. The molecule has 2 N–H and O–H groups in total. The van der Waals surface area contributed by atoms with E-state index in [1.165, 1.54) is 11.8 Å². The summed E-state index contributed by atoms with van der Waals surface area (Å²) < 4.78 is 23.3. The smallest absolute Gasteiger partial charge is 0.255 e. The lowest BCUT2D eigenvalue weighted by Crippen LogP contribution is -2.13. The van der Waals surface area contributed by atoms with Gasteiger partial charge in [-0.25, -0.2) is 8.42 Å². The number of sulfone groups is 1. The van der Waals surface area contributed by atoms with Gasteiger partial charge in [-0.3, -0.25) is 9.79 Å². The van der Waals surface area contributed by atoms with Crippen LogP contribution in [0.15, 0.2) is 58.4 Å². The summed E-state index contributed by atoms with van der Waals surface area (Å²) in [5.74, 6) is 0.151. The maximum absolute atomic E-state index is 12.4. The highest BCUT2D eigenvalue weighted by atomic mass is 32.2. The Morgan fingerprint density at radius 1 is 1.14 bits per heavy atom. The highest BCUT2D eigenvalue weighted by Crippen LogP contribution is 2.34. The van der Waals surface area contributed by atoms with Crippen molar-refractivity contribution in [1.29, 1.82) is 0 Å². The van der Waals surface area contributed by atoms with E-state index < -0.39 is 9.84 Å². The van der Waals surface area contributed by atoms with Crippen LogP contribution in [0.25, 0.3) is 0 Å². The van der Waals surface area contributed by atoms with Gasteiger partial charge in [0.2, 0.25) is 0 Å². The highest BCUT2D eigenvalue weighted by Gasteiger charge is 2.42. The minimum absolute atomic E-state index is 0.00889. The van der Waals surface area contributed by atoms with Crippen LogP contribution in [0.5, 0.6) is 0 Å². The van der Waals surface area contributed by atoms with Crippen LogP contribution in [0.3, 0.4) is 0 Å². The molecule has 1 amide bonds. The number of rotatable bonds is 4. The monoisotopic (exact) mass is 433 g/mol. The summed E-state index contributed by atoms with van der Waals surface area (Å²) in [6.45, 7) is 0. The van der Waals surface area contributed by atoms with Crippen LogP contribution in [0.2, 0.25) is 0 Å². The molecule has 2 aromatic carbocycles. The lowest BCUT2D eigenvalue weighted by atomic mass is 10.2. The van der Waals surface area contributed by atoms with Crippen LogP contribution in [-0.2, 0) is 9.84 Å². The van der Waals surface area contributed by atoms with Gasteiger partial charge in [-0.1, -0.05) is 17.8 Å². The van der Waals surface area contributed by atoms with Gasteiger partial charge >= 0.3 is 0 Å². The van der Waals surface area contributed by atoms with E-state index in [1.807, 2.05) is 42.7 Å². The zero-order valence-corrected chi connectivity index (χ0v) is 17.5. The molecule has 2 aliphatic heterocycles. The Labute approximate surface area is 172 Å². The first-order valence-corrected chi connectivity index (χ1v) is 12.6. The summed E-state index contributed by atoms with van der Waals surface area (Å²) in [4.78, 5) is 18.0. The molecular formula is C19H19N3O3S3. The molecule has 146 valence electrons. The molecule has 0 unspecified atom stereocenters. The largest absolute Gasteiger partial charge is 0.335 e. The number of hydrogen-bond donors (Lipinski definition) is 2. The number of hydrogen-bond acceptors (Lipinski definition) is 7. The van der Waals surface area contributed by atoms with Gasteiger partial charge in [0.05, 0.1) is 17.5 Å². The standard InChI is InChI=1S/C19H19N3O3S3/c1-26-15-4-2-3-14(9-15)20-18(23)12-5-7-13(8-6-12)21-19-22-16-10-28(24,25)11-17(16)27-19/h2-9,16-17H,10-11H2,1H3,(H,20,23)(H,21,22)/t16-,17+/m0/s1. The molecule has 2 heterocycles. The van der Waals surface area contributed by atoms with E-state index >= 15 is 0 Å². The Kier molecular flexibility index (Phi) is 5.39. The fourth-order valence-electron chi connectivity index (χ4n) is 3.15. The number of benzene rings is 2. The molecule has 0 spiro atoms. The first-order valence-electron chi connectivity index (χ1n) is 8.69. The van der Waals surface area contributed by atoms with Gasteiger partial charge in [0, 0.05) is 27.1 Å². The molecule has 1 fully saturated rings. The second kappa shape index (κ2) is 7.81. The zero-order valence-electron chi connectivity index (χ0n) is 15.1. The first-order chi connectivity index (χ1) is 13.4. The average molecular weight is 434 g/mol. The van der Waals surface area contributed by atoms with Crippen LogP contribution in [0.1, 0.15) is 10.4 Å². The summed E-state index contributed by atoms with van der Waals surface area (Å²) in [5, 5.41) is 6.86. The molecule has 9 heteroatoms. The molecule has 1 saturated heterocycles. The van der Waals surface area contributed by atoms with E-state index in [4.69, 9.17) is 0 Å². The summed E-state index contributed by atoms with van der Waals surface area (Å²) in [6.07, 6.45) is 1.99. The van der Waals surface area contributed by atoms with Crippen LogP contribution in [0.4, 0.5) is 11.4 Å². The van der Waals surface area contributed by atoms with E-state index in [0.29, 0.717) is 5.56 Å². The molecule has 0 radical (unpaired) electrons. The molecule has 0 aliphatic carbocycles. The van der Waals surface area contributed by atoms with Crippen LogP contribution in [0, 0.1) is 0 Å². The van der Waals surface area contributed by atoms with E-state index in [9.17, 15) is 13.2 Å². The number of amides is 1. The van der Waals surface area contributed by atoms with Crippen molar-refractivity contribution >= 4 is 55.8 Å². The molecule has 2 aromatic rings. The second-order valence-electron chi connectivity index (χ2n) is 6.62. The summed E-state index contributed by atoms with van der Waals surface area (Å²) in [6, 6.07) is 14.7. The number of thioether (sulfide) groups is 2. The molecule has 2 atom stereocenters. The normalized spacial score (nSPS) is 22.4. The minimum atomic E-state index is -2.95. The predicted octanol–water partition coefficient (Wildman–Crippen LogP) is 3.34.